The molecule has 0 amide bonds. The van der Waals surface area contributed by atoms with Crippen LogP contribution in [0.5, 0.6) is 11.5 Å². The number of ether oxygens (including phenoxy) is 1. The van der Waals surface area contributed by atoms with Gasteiger partial charge in [0.25, 0.3) is 0 Å². The van der Waals surface area contributed by atoms with Crippen molar-refractivity contribution in [1.82, 2.24) is 0 Å². The van der Waals surface area contributed by atoms with Crippen LogP contribution in [0.25, 0.3) is 0 Å². The zero-order valence-electron chi connectivity index (χ0n) is 23.4. The highest BCUT2D eigenvalue weighted by Crippen LogP contribution is 2.34. The summed E-state index contributed by atoms with van der Waals surface area (Å²) in [5.74, 6) is 1.22. The molecule has 0 bridgehead atoms. The van der Waals surface area contributed by atoms with Gasteiger partial charge in [0.15, 0.2) is 0 Å². The quantitative estimate of drug-likeness (QED) is 0.251. The van der Waals surface area contributed by atoms with Crippen molar-refractivity contribution in [1.29, 1.82) is 5.26 Å². The van der Waals surface area contributed by atoms with Crippen LogP contribution in [0.2, 0.25) is 0 Å². The normalized spacial score (nSPS) is 11.5. The van der Waals surface area contributed by atoms with Crippen LogP contribution in [0, 0.1) is 18.3 Å². The molecule has 218 valence electrons. The molecule has 4 aromatic rings. The molecule has 0 aliphatic carbocycles. The molecule has 0 aliphatic rings. The maximum atomic E-state index is 12.5. The third-order valence-corrected chi connectivity index (χ3v) is 9.71. The molecule has 1 N–H and O–H groups in total. The summed E-state index contributed by atoms with van der Waals surface area (Å²) in [7, 11) is -8.27. The van der Waals surface area contributed by atoms with E-state index in [-0.39, 0.29) is 12.3 Å². The summed E-state index contributed by atoms with van der Waals surface area (Å²) in [6.45, 7) is 2.41. The van der Waals surface area contributed by atoms with E-state index < -0.39 is 20.0 Å². The summed E-state index contributed by atoms with van der Waals surface area (Å²) >= 11 is 0. The Balaban J connectivity index is 1.70. The van der Waals surface area contributed by atoms with E-state index >= 15 is 0 Å². The third-order valence-electron chi connectivity index (χ3n) is 6.49. The van der Waals surface area contributed by atoms with Gasteiger partial charge in [0.05, 0.1) is 36.4 Å². The molecule has 0 saturated heterocycles. The molecule has 0 atom stereocenters. The molecule has 11 heteroatoms. The number of benzene rings is 4. The summed E-state index contributed by atoms with van der Waals surface area (Å²) in [5, 5.41) is 18.6. The highest BCUT2D eigenvalue weighted by Gasteiger charge is 2.30. The van der Waals surface area contributed by atoms with Crippen molar-refractivity contribution in [3.05, 3.63) is 119 Å². The maximum absolute atomic E-state index is 12.5. The number of nitriles is 1. The standard InChI is InChI=1S/C31H31N3O6S2/c1-23-30(8-5-9-31(23)34(41(2,36)37)42(3,38)39)33(20-25-12-10-24(19-32)11-13-25)21-26-14-16-28(17-15-26)40-29-7-4-6-27(18-29)22-35/h4-18,35H,20-22H2,1-3H3. The molecular weight excluding hydrogens is 574 g/mol. The Kier molecular flexibility index (Phi) is 9.21. The van der Waals surface area contributed by atoms with Crippen LogP contribution >= 0.6 is 0 Å². The highest BCUT2D eigenvalue weighted by atomic mass is 32.3. The molecule has 4 rings (SSSR count). The minimum atomic E-state index is -4.13. The van der Waals surface area contributed by atoms with Gasteiger partial charge in [-0.15, -0.1) is 0 Å². The number of hydrogen-bond acceptors (Lipinski definition) is 8. The van der Waals surface area contributed by atoms with Gasteiger partial charge < -0.3 is 14.7 Å². The largest absolute Gasteiger partial charge is 0.457 e. The van der Waals surface area contributed by atoms with E-state index in [0.717, 1.165) is 29.2 Å². The zero-order chi connectivity index (χ0) is 30.5. The third kappa shape index (κ3) is 7.47. The molecule has 0 aromatic heterocycles. The van der Waals surface area contributed by atoms with Gasteiger partial charge in [-0.05, 0) is 77.7 Å². The average molecular weight is 606 g/mol. The topological polar surface area (TPSA) is 128 Å². The lowest BCUT2D eigenvalue weighted by molar-refractivity contribution is 0.281. The second-order valence-electron chi connectivity index (χ2n) is 9.86. The zero-order valence-corrected chi connectivity index (χ0v) is 25.1. The lowest BCUT2D eigenvalue weighted by atomic mass is 10.1. The van der Waals surface area contributed by atoms with Crippen LogP contribution in [-0.2, 0) is 39.7 Å². The van der Waals surface area contributed by atoms with Gasteiger partial charge in [0.2, 0.25) is 20.0 Å². The molecule has 0 radical (unpaired) electrons. The Hall–Kier alpha value is -4.37. The van der Waals surface area contributed by atoms with Crippen LogP contribution in [0.4, 0.5) is 11.4 Å². The van der Waals surface area contributed by atoms with Gasteiger partial charge in [-0.1, -0.05) is 42.5 Å². The Morgan fingerprint density at radius 1 is 0.738 bits per heavy atom. The fourth-order valence-electron chi connectivity index (χ4n) is 4.61. The smallest absolute Gasteiger partial charge is 0.245 e. The van der Waals surface area contributed by atoms with Gasteiger partial charge >= 0.3 is 0 Å². The van der Waals surface area contributed by atoms with E-state index in [0.29, 0.717) is 45.1 Å². The Labute approximate surface area is 246 Å². The first kappa shape index (κ1) is 30.6. The van der Waals surface area contributed by atoms with Gasteiger partial charge in [0.1, 0.15) is 11.5 Å². The Morgan fingerprint density at radius 3 is 1.83 bits per heavy atom. The first-order valence-electron chi connectivity index (χ1n) is 12.9. The minimum absolute atomic E-state index is 0.0520. The summed E-state index contributed by atoms with van der Waals surface area (Å²) in [6, 6.07) is 28.8. The second-order valence-corrected chi connectivity index (χ2v) is 13.8. The lowest BCUT2D eigenvalue weighted by Gasteiger charge is -2.30. The molecule has 9 nitrogen and oxygen atoms in total. The predicted molar refractivity (Wildman–Crippen MR) is 163 cm³/mol. The van der Waals surface area contributed by atoms with Crippen LogP contribution in [0.15, 0.2) is 91.0 Å². The summed E-state index contributed by atoms with van der Waals surface area (Å²) < 4.78 is 56.5. The number of aliphatic hydroxyl groups excluding tert-OH is 1. The molecular formula is C31H31N3O6S2. The molecule has 0 spiro atoms. The number of rotatable bonds is 11. The Morgan fingerprint density at radius 2 is 1.29 bits per heavy atom. The number of anilines is 2. The maximum Gasteiger partial charge on any atom is 0.245 e. The number of hydrogen-bond donors (Lipinski definition) is 1. The van der Waals surface area contributed by atoms with E-state index in [1.54, 1.807) is 49.4 Å². The minimum Gasteiger partial charge on any atom is -0.457 e. The molecule has 0 saturated carbocycles. The van der Waals surface area contributed by atoms with Crippen molar-refractivity contribution in [3.63, 3.8) is 0 Å². The lowest BCUT2D eigenvalue weighted by Crippen LogP contribution is -2.36. The molecule has 0 fully saturated rings. The van der Waals surface area contributed by atoms with Crippen molar-refractivity contribution < 1.29 is 26.7 Å². The SMILES string of the molecule is Cc1c(N(Cc2ccc(C#N)cc2)Cc2ccc(Oc3cccc(CO)c3)cc2)cccc1N(S(C)(=O)=O)S(C)(=O)=O. The molecule has 42 heavy (non-hydrogen) atoms. The molecule has 0 aliphatic heterocycles. The summed E-state index contributed by atoms with van der Waals surface area (Å²) in [4.78, 5) is 2.02. The van der Waals surface area contributed by atoms with Crippen molar-refractivity contribution in [3.8, 4) is 17.6 Å². The average Bonchev–Trinajstić information content (AvgIpc) is 2.94. The molecule has 0 unspecified atom stereocenters. The first-order chi connectivity index (χ1) is 19.9. The van der Waals surface area contributed by atoms with Crippen molar-refractivity contribution in [2.45, 2.75) is 26.6 Å². The number of aliphatic hydroxyl groups is 1. The van der Waals surface area contributed by atoms with Crippen molar-refractivity contribution >= 4 is 31.4 Å². The van der Waals surface area contributed by atoms with E-state index in [9.17, 15) is 27.2 Å². The van der Waals surface area contributed by atoms with Gasteiger partial charge in [-0.3, -0.25) is 0 Å². The second kappa shape index (κ2) is 12.7. The van der Waals surface area contributed by atoms with Crippen LogP contribution in [-0.4, -0.2) is 34.5 Å². The first-order valence-corrected chi connectivity index (χ1v) is 16.6. The molecule has 0 heterocycles. The van der Waals surface area contributed by atoms with Crippen LogP contribution in [0.3, 0.4) is 0 Å². The summed E-state index contributed by atoms with van der Waals surface area (Å²) in [5.41, 5.74) is 4.28. The van der Waals surface area contributed by atoms with E-state index in [1.165, 1.54) is 6.07 Å². The van der Waals surface area contributed by atoms with Gasteiger partial charge in [0, 0.05) is 18.8 Å². The van der Waals surface area contributed by atoms with Gasteiger partial charge in [-0.25, -0.2) is 16.8 Å². The van der Waals surface area contributed by atoms with E-state index in [2.05, 4.69) is 6.07 Å². The van der Waals surface area contributed by atoms with Crippen LogP contribution in [0.1, 0.15) is 27.8 Å². The van der Waals surface area contributed by atoms with Crippen molar-refractivity contribution in [2.24, 2.45) is 0 Å². The van der Waals surface area contributed by atoms with Crippen LogP contribution < -0.4 is 13.3 Å². The van der Waals surface area contributed by atoms with E-state index in [4.69, 9.17) is 4.74 Å². The number of sulfonamides is 2. The summed E-state index contributed by atoms with van der Waals surface area (Å²) in [6.07, 6.45) is 1.72. The highest BCUT2D eigenvalue weighted by molar-refractivity contribution is 8.09. The molecule has 4 aromatic carbocycles. The fraction of sp³-hybridized carbons (Fsp3) is 0.194. The predicted octanol–water partition coefficient (Wildman–Crippen LogP) is 5.08. The fourth-order valence-corrected chi connectivity index (χ4v) is 7.69. The van der Waals surface area contributed by atoms with Gasteiger partial charge in [-0.2, -0.15) is 8.97 Å². The van der Waals surface area contributed by atoms with Crippen molar-refractivity contribution in [2.75, 3.05) is 21.1 Å². The van der Waals surface area contributed by atoms with E-state index in [1.807, 2.05) is 47.4 Å². The number of nitrogens with zero attached hydrogens (tertiary/aromatic N) is 3. The monoisotopic (exact) mass is 605 g/mol. The Bertz CT molecular complexity index is 1780.